The first-order valence-electron chi connectivity index (χ1n) is 9.70. The first-order valence-corrected chi connectivity index (χ1v) is 9.70. The molecule has 1 fully saturated rings. The van der Waals surface area contributed by atoms with Gasteiger partial charge in [0, 0.05) is 44.6 Å². The minimum atomic E-state index is -0.335. The van der Waals surface area contributed by atoms with E-state index in [2.05, 4.69) is 44.4 Å². The first-order chi connectivity index (χ1) is 14.2. The molecule has 3 aromatic rings. The lowest BCUT2D eigenvalue weighted by Gasteiger charge is -2.36. The summed E-state index contributed by atoms with van der Waals surface area (Å²) in [5, 5.41) is 2.78. The minimum Gasteiger partial charge on any atom is -0.368 e. The van der Waals surface area contributed by atoms with Gasteiger partial charge in [-0.3, -0.25) is 14.7 Å². The molecule has 0 saturated carbocycles. The van der Waals surface area contributed by atoms with Gasteiger partial charge in [0.2, 0.25) is 0 Å². The van der Waals surface area contributed by atoms with Crippen LogP contribution in [0.2, 0.25) is 0 Å². The third-order valence-electron chi connectivity index (χ3n) is 5.07. The molecule has 1 N–H and O–H groups in total. The van der Waals surface area contributed by atoms with Gasteiger partial charge in [0.1, 0.15) is 5.82 Å². The van der Waals surface area contributed by atoms with Gasteiger partial charge in [0.05, 0.1) is 17.4 Å². The van der Waals surface area contributed by atoms with E-state index in [1.165, 1.54) is 29.8 Å². The number of benzene rings is 2. The van der Waals surface area contributed by atoms with Crippen LogP contribution >= 0.6 is 0 Å². The Labute approximate surface area is 169 Å². The van der Waals surface area contributed by atoms with Crippen molar-refractivity contribution in [2.24, 2.45) is 0 Å². The summed E-state index contributed by atoms with van der Waals surface area (Å²) in [5.74, 6) is -0.591. The van der Waals surface area contributed by atoms with Gasteiger partial charge in [-0.2, -0.15) is 0 Å². The van der Waals surface area contributed by atoms with Gasteiger partial charge in [-0.25, -0.2) is 4.39 Å². The second-order valence-corrected chi connectivity index (χ2v) is 7.14. The number of piperazine rings is 1. The van der Waals surface area contributed by atoms with Crippen LogP contribution in [0.4, 0.5) is 15.8 Å². The Hall–Kier alpha value is -3.25. The summed E-state index contributed by atoms with van der Waals surface area (Å²) in [6.07, 6.45) is 3.34. The molecule has 29 heavy (non-hydrogen) atoms. The van der Waals surface area contributed by atoms with E-state index in [0.717, 1.165) is 38.4 Å². The third-order valence-corrected chi connectivity index (χ3v) is 5.07. The summed E-state index contributed by atoms with van der Waals surface area (Å²) in [6.45, 7) is 4.64. The number of carbonyl (C=O) groups excluding carboxylic acids is 1. The normalized spacial score (nSPS) is 14.6. The molecule has 0 spiro atoms. The maximum atomic E-state index is 13.0. The van der Waals surface area contributed by atoms with Gasteiger partial charge >= 0.3 is 0 Å². The van der Waals surface area contributed by atoms with Crippen molar-refractivity contribution >= 4 is 17.3 Å². The SMILES string of the molecule is O=C(Nc1ccc(F)cc1)c1cncc(N2CCN(Cc3ccccc3)CC2)c1. The summed E-state index contributed by atoms with van der Waals surface area (Å²) in [7, 11) is 0. The highest BCUT2D eigenvalue weighted by Crippen LogP contribution is 2.19. The van der Waals surface area contributed by atoms with Gasteiger partial charge < -0.3 is 10.2 Å². The highest BCUT2D eigenvalue weighted by Gasteiger charge is 2.18. The van der Waals surface area contributed by atoms with Gasteiger partial charge in [0.15, 0.2) is 0 Å². The molecule has 148 valence electrons. The van der Waals surface area contributed by atoms with Crippen LogP contribution in [-0.2, 0) is 6.54 Å². The molecule has 5 nitrogen and oxygen atoms in total. The summed E-state index contributed by atoms with van der Waals surface area (Å²) >= 11 is 0. The smallest absolute Gasteiger partial charge is 0.257 e. The number of nitrogens with zero attached hydrogens (tertiary/aromatic N) is 3. The molecular formula is C23H23FN4O. The highest BCUT2D eigenvalue weighted by molar-refractivity contribution is 6.04. The van der Waals surface area contributed by atoms with Gasteiger partial charge in [-0.05, 0) is 35.9 Å². The highest BCUT2D eigenvalue weighted by atomic mass is 19.1. The van der Waals surface area contributed by atoms with Crippen LogP contribution in [0.15, 0.2) is 73.1 Å². The number of pyridine rings is 1. The number of carbonyl (C=O) groups is 1. The predicted octanol–water partition coefficient (Wildman–Crippen LogP) is 3.80. The maximum Gasteiger partial charge on any atom is 0.257 e. The topological polar surface area (TPSA) is 48.5 Å². The Balaban J connectivity index is 1.36. The maximum absolute atomic E-state index is 13.0. The molecule has 1 aliphatic rings. The van der Waals surface area contributed by atoms with E-state index in [1.54, 1.807) is 12.4 Å². The lowest BCUT2D eigenvalue weighted by atomic mass is 10.2. The van der Waals surface area contributed by atoms with Crippen molar-refractivity contribution in [1.29, 1.82) is 0 Å². The molecule has 2 aromatic carbocycles. The van der Waals surface area contributed by atoms with Crippen molar-refractivity contribution in [3.63, 3.8) is 0 Å². The predicted molar refractivity (Wildman–Crippen MR) is 113 cm³/mol. The number of rotatable bonds is 5. The van der Waals surface area contributed by atoms with Crippen LogP contribution in [0.25, 0.3) is 0 Å². The number of anilines is 2. The summed E-state index contributed by atoms with van der Waals surface area (Å²) in [6, 6.07) is 18.1. The number of hydrogen-bond donors (Lipinski definition) is 1. The van der Waals surface area contributed by atoms with Crippen molar-refractivity contribution in [3.8, 4) is 0 Å². The zero-order valence-electron chi connectivity index (χ0n) is 16.1. The van der Waals surface area contributed by atoms with Gasteiger partial charge in [0.25, 0.3) is 5.91 Å². The second kappa shape index (κ2) is 8.84. The fourth-order valence-electron chi connectivity index (χ4n) is 3.47. The van der Waals surface area contributed by atoms with Crippen LogP contribution in [0.5, 0.6) is 0 Å². The molecule has 0 aliphatic carbocycles. The van der Waals surface area contributed by atoms with E-state index >= 15 is 0 Å². The standard InChI is InChI=1S/C23H23FN4O/c24-20-6-8-21(9-7-20)26-23(29)19-14-22(16-25-15-19)28-12-10-27(11-13-28)17-18-4-2-1-3-5-18/h1-9,14-16H,10-13,17H2,(H,26,29). The molecule has 1 amide bonds. The van der Waals surface area contributed by atoms with E-state index in [-0.39, 0.29) is 11.7 Å². The molecule has 6 heteroatoms. The molecular weight excluding hydrogens is 367 g/mol. The molecule has 1 aliphatic heterocycles. The molecule has 2 heterocycles. The average Bonchev–Trinajstić information content (AvgIpc) is 2.77. The number of hydrogen-bond acceptors (Lipinski definition) is 4. The fraction of sp³-hybridized carbons (Fsp3) is 0.217. The Morgan fingerprint density at radius 2 is 1.69 bits per heavy atom. The summed E-state index contributed by atoms with van der Waals surface area (Å²) in [5.41, 5.74) is 3.30. The zero-order chi connectivity index (χ0) is 20.1. The van der Waals surface area contributed by atoms with Gasteiger partial charge in [-0.1, -0.05) is 30.3 Å². The quantitative estimate of drug-likeness (QED) is 0.720. The largest absolute Gasteiger partial charge is 0.368 e. The Kier molecular flexibility index (Phi) is 5.81. The van der Waals surface area contributed by atoms with Gasteiger partial charge in [-0.15, -0.1) is 0 Å². The van der Waals surface area contributed by atoms with Crippen molar-refractivity contribution in [2.75, 3.05) is 36.4 Å². The minimum absolute atomic E-state index is 0.256. The molecule has 0 atom stereocenters. The lowest BCUT2D eigenvalue weighted by Crippen LogP contribution is -2.46. The Bertz CT molecular complexity index is 954. The van der Waals surface area contributed by atoms with Crippen LogP contribution in [0.1, 0.15) is 15.9 Å². The van der Waals surface area contributed by atoms with Crippen LogP contribution in [0, 0.1) is 5.82 Å². The number of amides is 1. The molecule has 0 unspecified atom stereocenters. The van der Waals surface area contributed by atoms with Crippen LogP contribution in [-0.4, -0.2) is 42.0 Å². The number of nitrogens with one attached hydrogen (secondary N) is 1. The zero-order valence-corrected chi connectivity index (χ0v) is 16.1. The lowest BCUT2D eigenvalue weighted by molar-refractivity contribution is 0.102. The molecule has 1 saturated heterocycles. The fourth-order valence-corrected chi connectivity index (χ4v) is 3.47. The molecule has 1 aromatic heterocycles. The molecule has 4 rings (SSSR count). The number of halogens is 1. The van der Waals surface area contributed by atoms with E-state index in [1.807, 2.05) is 12.1 Å². The number of aromatic nitrogens is 1. The monoisotopic (exact) mass is 390 g/mol. The first kappa shape index (κ1) is 19.1. The van der Waals surface area contributed by atoms with E-state index in [0.29, 0.717) is 11.3 Å². The van der Waals surface area contributed by atoms with Crippen LogP contribution < -0.4 is 10.2 Å². The van der Waals surface area contributed by atoms with E-state index in [4.69, 9.17) is 0 Å². The van der Waals surface area contributed by atoms with Crippen molar-refractivity contribution in [1.82, 2.24) is 9.88 Å². The van der Waals surface area contributed by atoms with Crippen molar-refractivity contribution in [3.05, 3.63) is 90.0 Å². The molecule has 0 radical (unpaired) electrons. The molecule has 0 bridgehead atoms. The van der Waals surface area contributed by atoms with Crippen molar-refractivity contribution < 1.29 is 9.18 Å². The van der Waals surface area contributed by atoms with E-state index < -0.39 is 0 Å². The third kappa shape index (κ3) is 4.97. The van der Waals surface area contributed by atoms with Crippen molar-refractivity contribution in [2.45, 2.75) is 6.54 Å². The van der Waals surface area contributed by atoms with E-state index in [9.17, 15) is 9.18 Å². The van der Waals surface area contributed by atoms with Crippen LogP contribution in [0.3, 0.4) is 0 Å². The summed E-state index contributed by atoms with van der Waals surface area (Å²) in [4.78, 5) is 21.5. The Morgan fingerprint density at radius 1 is 0.966 bits per heavy atom. The second-order valence-electron chi connectivity index (χ2n) is 7.14. The average molecular weight is 390 g/mol. The summed E-state index contributed by atoms with van der Waals surface area (Å²) < 4.78 is 13.0. The Morgan fingerprint density at radius 3 is 2.41 bits per heavy atom.